The van der Waals surface area contributed by atoms with Gasteiger partial charge in [0.2, 0.25) is 0 Å². The maximum absolute atomic E-state index is 11.2. The molecule has 0 atom stereocenters. The molecule has 0 aliphatic carbocycles. The number of amides is 2. The number of anilines is 2. The molecule has 4 N–H and O–H groups in total. The standard InChI is InChI=1S/C12H15N5O2/c1-13-12(18)15-10-4-2-3-9(5-10)6-17-7-11(16-19)14-8-17/h2-5,7-8,16,19H,6H2,1H3,(H2,13,15,18). The largest absolute Gasteiger partial charge is 0.341 e. The summed E-state index contributed by atoms with van der Waals surface area (Å²) >= 11 is 0. The zero-order chi connectivity index (χ0) is 13.7. The highest BCUT2D eigenvalue weighted by Gasteiger charge is 2.02. The van der Waals surface area contributed by atoms with Crippen molar-refractivity contribution in [3.05, 3.63) is 42.4 Å². The van der Waals surface area contributed by atoms with E-state index in [9.17, 15) is 4.79 Å². The number of aromatic nitrogens is 2. The quantitative estimate of drug-likeness (QED) is 0.627. The molecule has 1 heterocycles. The first-order valence-electron chi connectivity index (χ1n) is 5.71. The molecule has 0 spiro atoms. The van der Waals surface area contributed by atoms with Crippen molar-refractivity contribution in [3.8, 4) is 0 Å². The molecule has 0 aliphatic heterocycles. The smallest absolute Gasteiger partial charge is 0.318 e. The third kappa shape index (κ3) is 3.46. The number of benzene rings is 1. The Balaban J connectivity index is 2.08. The van der Waals surface area contributed by atoms with Crippen LogP contribution in [0.4, 0.5) is 16.3 Å². The molecule has 0 saturated carbocycles. The van der Waals surface area contributed by atoms with Crippen LogP contribution in [0.5, 0.6) is 0 Å². The Morgan fingerprint density at radius 1 is 1.47 bits per heavy atom. The summed E-state index contributed by atoms with van der Waals surface area (Å²) < 4.78 is 1.82. The van der Waals surface area contributed by atoms with Gasteiger partial charge in [-0.25, -0.2) is 9.78 Å². The van der Waals surface area contributed by atoms with Crippen LogP contribution in [-0.4, -0.2) is 27.8 Å². The number of nitrogens with zero attached hydrogens (tertiary/aromatic N) is 2. The molecule has 0 fully saturated rings. The summed E-state index contributed by atoms with van der Waals surface area (Å²) in [6, 6.07) is 7.24. The molecule has 2 rings (SSSR count). The summed E-state index contributed by atoms with van der Waals surface area (Å²) in [5.74, 6) is 0.389. The second-order valence-electron chi connectivity index (χ2n) is 3.95. The number of carbonyl (C=O) groups excluding carboxylic acids is 1. The molecule has 0 unspecified atom stereocenters. The monoisotopic (exact) mass is 261 g/mol. The Bertz CT molecular complexity index is 567. The van der Waals surface area contributed by atoms with Crippen molar-refractivity contribution >= 4 is 17.5 Å². The van der Waals surface area contributed by atoms with Crippen molar-refractivity contribution < 1.29 is 10.0 Å². The van der Waals surface area contributed by atoms with Crippen molar-refractivity contribution in [2.45, 2.75) is 6.54 Å². The van der Waals surface area contributed by atoms with Crippen molar-refractivity contribution in [1.82, 2.24) is 14.9 Å². The van der Waals surface area contributed by atoms with E-state index in [0.717, 1.165) is 11.3 Å². The highest BCUT2D eigenvalue weighted by molar-refractivity contribution is 5.89. The van der Waals surface area contributed by atoms with Gasteiger partial charge in [0.25, 0.3) is 0 Å². The van der Waals surface area contributed by atoms with E-state index in [1.54, 1.807) is 19.6 Å². The molecule has 7 heteroatoms. The van der Waals surface area contributed by atoms with E-state index in [1.165, 1.54) is 0 Å². The molecule has 0 bridgehead atoms. The highest BCUT2D eigenvalue weighted by Crippen LogP contribution is 2.12. The Labute approximate surface area is 110 Å². The summed E-state index contributed by atoms with van der Waals surface area (Å²) in [6.45, 7) is 0.595. The number of urea groups is 1. The Morgan fingerprint density at radius 3 is 3.00 bits per heavy atom. The van der Waals surface area contributed by atoms with Gasteiger partial charge in [0.05, 0.1) is 6.33 Å². The number of imidazole rings is 1. The van der Waals surface area contributed by atoms with Crippen LogP contribution in [0.1, 0.15) is 5.56 Å². The number of rotatable bonds is 4. The Hall–Kier alpha value is -2.54. The van der Waals surface area contributed by atoms with Crippen LogP contribution in [0, 0.1) is 0 Å². The highest BCUT2D eigenvalue weighted by atomic mass is 16.5. The molecule has 100 valence electrons. The lowest BCUT2D eigenvalue weighted by Crippen LogP contribution is -2.24. The van der Waals surface area contributed by atoms with E-state index in [4.69, 9.17) is 5.21 Å². The molecule has 0 saturated heterocycles. The summed E-state index contributed by atoms with van der Waals surface area (Å²) in [5.41, 5.74) is 3.71. The van der Waals surface area contributed by atoms with Gasteiger partial charge in [-0.05, 0) is 17.7 Å². The predicted octanol–water partition coefficient (Wildman–Crippen LogP) is 1.48. The van der Waals surface area contributed by atoms with Gasteiger partial charge < -0.3 is 15.2 Å². The van der Waals surface area contributed by atoms with Gasteiger partial charge in [0, 0.05) is 25.5 Å². The first-order valence-corrected chi connectivity index (χ1v) is 5.71. The van der Waals surface area contributed by atoms with E-state index >= 15 is 0 Å². The number of nitrogens with one attached hydrogen (secondary N) is 3. The van der Waals surface area contributed by atoms with Crippen molar-refractivity contribution in [2.24, 2.45) is 0 Å². The van der Waals surface area contributed by atoms with E-state index in [2.05, 4.69) is 15.6 Å². The van der Waals surface area contributed by atoms with Crippen LogP contribution in [-0.2, 0) is 6.54 Å². The lowest BCUT2D eigenvalue weighted by molar-refractivity contribution is 0.254. The lowest BCUT2D eigenvalue weighted by atomic mass is 10.2. The summed E-state index contributed by atoms with van der Waals surface area (Å²) in [6.07, 6.45) is 3.29. The maximum atomic E-state index is 11.2. The fourth-order valence-corrected chi connectivity index (χ4v) is 1.66. The van der Waals surface area contributed by atoms with Crippen molar-refractivity contribution in [2.75, 3.05) is 17.8 Å². The zero-order valence-corrected chi connectivity index (χ0v) is 10.4. The van der Waals surface area contributed by atoms with Crippen LogP contribution in [0.2, 0.25) is 0 Å². The predicted molar refractivity (Wildman–Crippen MR) is 71.3 cm³/mol. The topological polar surface area (TPSA) is 91.2 Å². The van der Waals surface area contributed by atoms with Crippen LogP contribution < -0.4 is 16.1 Å². The van der Waals surface area contributed by atoms with Gasteiger partial charge in [-0.3, -0.25) is 10.7 Å². The maximum Gasteiger partial charge on any atom is 0.318 e. The zero-order valence-electron chi connectivity index (χ0n) is 10.4. The first kappa shape index (κ1) is 12.9. The minimum atomic E-state index is -0.258. The van der Waals surface area contributed by atoms with E-state index < -0.39 is 0 Å². The minimum absolute atomic E-state index is 0.258. The first-order chi connectivity index (χ1) is 9.21. The molecule has 7 nitrogen and oxygen atoms in total. The van der Waals surface area contributed by atoms with E-state index in [1.807, 2.05) is 34.3 Å². The van der Waals surface area contributed by atoms with Crippen LogP contribution in [0.25, 0.3) is 0 Å². The second kappa shape index (κ2) is 5.87. The molecule has 1 aromatic carbocycles. The Kier molecular flexibility index (Phi) is 3.99. The average Bonchev–Trinajstić information content (AvgIpc) is 2.86. The van der Waals surface area contributed by atoms with Gasteiger partial charge in [-0.2, -0.15) is 0 Å². The van der Waals surface area contributed by atoms with Crippen molar-refractivity contribution in [3.63, 3.8) is 0 Å². The SMILES string of the molecule is CNC(=O)Nc1cccc(Cn2cnc(NO)c2)c1. The van der Waals surface area contributed by atoms with Crippen LogP contribution in [0.3, 0.4) is 0 Å². The molecule has 19 heavy (non-hydrogen) atoms. The van der Waals surface area contributed by atoms with Gasteiger partial charge in [-0.15, -0.1) is 0 Å². The third-order valence-electron chi connectivity index (χ3n) is 2.52. The van der Waals surface area contributed by atoms with Crippen molar-refractivity contribution in [1.29, 1.82) is 0 Å². The van der Waals surface area contributed by atoms with Gasteiger partial charge in [0.15, 0.2) is 5.82 Å². The van der Waals surface area contributed by atoms with Crippen LogP contribution >= 0.6 is 0 Å². The average molecular weight is 261 g/mol. The molecular weight excluding hydrogens is 246 g/mol. The Morgan fingerprint density at radius 2 is 2.32 bits per heavy atom. The summed E-state index contributed by atoms with van der Waals surface area (Å²) in [7, 11) is 1.56. The fraction of sp³-hybridized carbons (Fsp3) is 0.167. The van der Waals surface area contributed by atoms with Gasteiger partial charge in [0.1, 0.15) is 0 Å². The minimum Gasteiger partial charge on any atom is -0.341 e. The fourth-order valence-electron chi connectivity index (χ4n) is 1.66. The van der Waals surface area contributed by atoms with Gasteiger partial charge in [-0.1, -0.05) is 12.1 Å². The molecule has 0 radical (unpaired) electrons. The molecule has 2 aromatic rings. The molecule has 1 aromatic heterocycles. The molecule has 2 amide bonds. The lowest BCUT2D eigenvalue weighted by Gasteiger charge is -2.07. The van der Waals surface area contributed by atoms with Gasteiger partial charge >= 0.3 is 6.03 Å². The number of hydrogen-bond donors (Lipinski definition) is 4. The number of hydrogen-bond acceptors (Lipinski definition) is 4. The van der Waals surface area contributed by atoms with Crippen LogP contribution in [0.15, 0.2) is 36.8 Å². The summed E-state index contributed by atoms with van der Waals surface area (Å²) in [5, 5.41) is 13.9. The second-order valence-corrected chi connectivity index (χ2v) is 3.95. The van der Waals surface area contributed by atoms with E-state index in [0.29, 0.717) is 12.4 Å². The third-order valence-corrected chi connectivity index (χ3v) is 2.52. The molecular formula is C12H15N5O2. The number of carbonyl (C=O) groups is 1. The molecule has 0 aliphatic rings. The normalized spacial score (nSPS) is 10.0. The van der Waals surface area contributed by atoms with E-state index in [-0.39, 0.29) is 6.03 Å². The summed E-state index contributed by atoms with van der Waals surface area (Å²) in [4.78, 5) is 15.2.